The van der Waals surface area contributed by atoms with Gasteiger partial charge in [0.05, 0.1) is 0 Å². The van der Waals surface area contributed by atoms with Crippen molar-refractivity contribution in [2.75, 3.05) is 19.5 Å². The Balaban J connectivity index is 1.76. The predicted molar refractivity (Wildman–Crippen MR) is 72.9 cm³/mol. The molecule has 2 aromatic carbocycles. The van der Waals surface area contributed by atoms with Crippen molar-refractivity contribution >= 4 is 20.9 Å². The Morgan fingerprint density at radius 1 is 0.950 bits per heavy atom. The maximum Gasteiger partial charge on any atom is 0.289 e. The van der Waals surface area contributed by atoms with Gasteiger partial charge in [-0.25, -0.2) is 0 Å². The zero-order valence-electron chi connectivity index (χ0n) is 10.6. The molecule has 0 aliphatic rings. The van der Waals surface area contributed by atoms with Gasteiger partial charge in [-0.3, -0.25) is 4.55 Å². The van der Waals surface area contributed by atoms with Crippen molar-refractivity contribution in [3.63, 3.8) is 0 Å². The standard InChI is InChI=1S/C13H14O6S/c14-20(15,16)10-18-8-17-9-19-13-6-5-11-3-1-2-4-12(11)7-13/h1-7H,8-10H2,(H,14,15,16). The molecule has 0 amide bonds. The van der Waals surface area contributed by atoms with Crippen LogP contribution in [0.3, 0.4) is 0 Å². The van der Waals surface area contributed by atoms with Gasteiger partial charge >= 0.3 is 0 Å². The highest BCUT2D eigenvalue weighted by molar-refractivity contribution is 7.85. The third-order valence-electron chi connectivity index (χ3n) is 2.43. The lowest BCUT2D eigenvalue weighted by Crippen LogP contribution is -2.12. The first kappa shape index (κ1) is 14.7. The van der Waals surface area contributed by atoms with E-state index in [1.54, 1.807) is 0 Å². The Bertz CT molecular complexity index is 667. The molecule has 6 nitrogen and oxygen atoms in total. The summed E-state index contributed by atoms with van der Waals surface area (Å²) in [7, 11) is -4.13. The van der Waals surface area contributed by atoms with E-state index in [-0.39, 0.29) is 13.6 Å². The van der Waals surface area contributed by atoms with E-state index in [4.69, 9.17) is 14.0 Å². The predicted octanol–water partition coefficient (Wildman–Crippen LogP) is 2.01. The summed E-state index contributed by atoms with van der Waals surface area (Å²) >= 11 is 0. The minimum atomic E-state index is -4.13. The number of fused-ring (bicyclic) bond motifs is 1. The third-order valence-corrected chi connectivity index (χ3v) is 2.89. The van der Waals surface area contributed by atoms with Gasteiger partial charge in [-0.15, -0.1) is 0 Å². The first-order valence-electron chi connectivity index (χ1n) is 5.77. The monoisotopic (exact) mass is 298 g/mol. The van der Waals surface area contributed by atoms with Crippen molar-refractivity contribution in [2.24, 2.45) is 0 Å². The molecule has 0 spiro atoms. The van der Waals surface area contributed by atoms with Gasteiger partial charge < -0.3 is 14.2 Å². The van der Waals surface area contributed by atoms with Crippen LogP contribution in [0.2, 0.25) is 0 Å². The zero-order valence-corrected chi connectivity index (χ0v) is 11.4. The first-order valence-corrected chi connectivity index (χ1v) is 7.38. The van der Waals surface area contributed by atoms with Crippen molar-refractivity contribution < 1.29 is 27.2 Å². The maximum absolute atomic E-state index is 10.4. The summed E-state index contributed by atoms with van der Waals surface area (Å²) < 4.78 is 43.9. The fourth-order valence-corrected chi connectivity index (χ4v) is 1.88. The molecule has 0 bridgehead atoms. The van der Waals surface area contributed by atoms with E-state index in [0.717, 1.165) is 10.8 Å². The minimum absolute atomic E-state index is 0.0795. The van der Waals surface area contributed by atoms with Gasteiger partial charge in [0, 0.05) is 0 Å². The molecule has 0 atom stereocenters. The van der Waals surface area contributed by atoms with Crippen LogP contribution in [0.15, 0.2) is 42.5 Å². The Labute approximate surface area is 116 Å². The quantitative estimate of drug-likeness (QED) is 0.478. The second-order valence-corrected chi connectivity index (χ2v) is 5.40. The molecule has 0 radical (unpaired) electrons. The number of benzene rings is 2. The molecule has 0 aromatic heterocycles. The van der Waals surface area contributed by atoms with Crippen LogP contribution >= 0.6 is 0 Å². The van der Waals surface area contributed by atoms with Gasteiger partial charge in [0.2, 0.25) is 0 Å². The van der Waals surface area contributed by atoms with Gasteiger partial charge in [0.15, 0.2) is 19.5 Å². The normalized spacial score (nSPS) is 11.7. The summed E-state index contributed by atoms with van der Waals surface area (Å²) in [6.07, 6.45) is 0. The summed E-state index contributed by atoms with van der Waals surface area (Å²) in [5.41, 5.74) is 0. The molecule has 1 N–H and O–H groups in total. The van der Waals surface area contributed by atoms with Crippen LogP contribution in [-0.2, 0) is 19.6 Å². The lowest BCUT2D eigenvalue weighted by Gasteiger charge is -2.08. The van der Waals surface area contributed by atoms with Crippen LogP contribution in [0.5, 0.6) is 5.75 Å². The summed E-state index contributed by atoms with van der Waals surface area (Å²) in [6, 6.07) is 13.5. The second-order valence-electron chi connectivity index (χ2n) is 4.00. The molecule has 0 fully saturated rings. The number of rotatable bonds is 7. The molecule has 2 aromatic rings. The van der Waals surface area contributed by atoms with E-state index in [0.29, 0.717) is 5.75 Å². The largest absolute Gasteiger partial charge is 0.467 e. The highest BCUT2D eigenvalue weighted by Gasteiger charge is 2.03. The van der Waals surface area contributed by atoms with E-state index < -0.39 is 16.1 Å². The molecule has 0 aliphatic heterocycles. The Morgan fingerprint density at radius 2 is 1.70 bits per heavy atom. The average Bonchev–Trinajstić information content (AvgIpc) is 2.41. The molecule has 0 saturated heterocycles. The third kappa shape index (κ3) is 4.78. The Morgan fingerprint density at radius 3 is 2.45 bits per heavy atom. The molecule has 0 heterocycles. The van der Waals surface area contributed by atoms with E-state index in [1.165, 1.54) is 0 Å². The summed E-state index contributed by atoms with van der Waals surface area (Å²) in [5.74, 6) is -0.165. The van der Waals surface area contributed by atoms with Gasteiger partial charge in [-0.1, -0.05) is 30.3 Å². The van der Waals surface area contributed by atoms with Crippen LogP contribution in [0.4, 0.5) is 0 Å². The number of hydrogen-bond donors (Lipinski definition) is 1. The smallest absolute Gasteiger partial charge is 0.289 e. The minimum Gasteiger partial charge on any atom is -0.467 e. The van der Waals surface area contributed by atoms with Crippen molar-refractivity contribution in [1.82, 2.24) is 0 Å². The van der Waals surface area contributed by atoms with E-state index in [9.17, 15) is 8.42 Å². The molecule has 108 valence electrons. The summed E-state index contributed by atoms with van der Waals surface area (Å²) in [5, 5.41) is 2.16. The van der Waals surface area contributed by atoms with Crippen LogP contribution in [0.25, 0.3) is 10.8 Å². The van der Waals surface area contributed by atoms with Crippen LogP contribution in [0, 0.1) is 0 Å². The van der Waals surface area contributed by atoms with E-state index in [2.05, 4.69) is 4.74 Å². The fraction of sp³-hybridized carbons (Fsp3) is 0.231. The summed E-state index contributed by atoms with van der Waals surface area (Å²) in [6.45, 7) is -0.364. The lowest BCUT2D eigenvalue weighted by molar-refractivity contribution is -0.0891. The summed E-state index contributed by atoms with van der Waals surface area (Å²) in [4.78, 5) is 0. The van der Waals surface area contributed by atoms with Gasteiger partial charge in [-0.05, 0) is 22.9 Å². The van der Waals surface area contributed by atoms with Crippen molar-refractivity contribution in [3.05, 3.63) is 42.5 Å². The van der Waals surface area contributed by atoms with Gasteiger partial charge in [-0.2, -0.15) is 8.42 Å². The lowest BCUT2D eigenvalue weighted by atomic mass is 10.1. The van der Waals surface area contributed by atoms with E-state index >= 15 is 0 Å². The maximum atomic E-state index is 10.4. The molecule has 0 saturated carbocycles. The highest BCUT2D eigenvalue weighted by atomic mass is 32.2. The average molecular weight is 298 g/mol. The van der Waals surface area contributed by atoms with Crippen molar-refractivity contribution in [3.8, 4) is 5.75 Å². The molecular weight excluding hydrogens is 284 g/mol. The molecule has 20 heavy (non-hydrogen) atoms. The van der Waals surface area contributed by atoms with Crippen LogP contribution in [-0.4, -0.2) is 32.5 Å². The Kier molecular flexibility index (Phi) is 4.91. The van der Waals surface area contributed by atoms with Crippen LogP contribution in [0.1, 0.15) is 0 Å². The Hall–Kier alpha value is -1.67. The molecule has 0 unspecified atom stereocenters. The van der Waals surface area contributed by atoms with Gasteiger partial charge in [0.1, 0.15) is 5.75 Å². The SMILES string of the molecule is O=S(=O)(O)COCOCOc1ccc2ccccc2c1. The first-order chi connectivity index (χ1) is 9.54. The zero-order chi connectivity index (χ0) is 14.4. The highest BCUT2D eigenvalue weighted by Crippen LogP contribution is 2.20. The van der Waals surface area contributed by atoms with Gasteiger partial charge in [0.25, 0.3) is 10.1 Å². The molecule has 2 rings (SSSR count). The van der Waals surface area contributed by atoms with Crippen molar-refractivity contribution in [1.29, 1.82) is 0 Å². The molecule has 7 heteroatoms. The van der Waals surface area contributed by atoms with Crippen molar-refractivity contribution in [2.45, 2.75) is 0 Å². The fourth-order valence-electron chi connectivity index (χ4n) is 1.60. The second kappa shape index (κ2) is 6.67. The topological polar surface area (TPSA) is 82.1 Å². The number of hydrogen-bond acceptors (Lipinski definition) is 5. The number of ether oxygens (including phenoxy) is 3. The van der Waals surface area contributed by atoms with E-state index in [1.807, 2.05) is 42.5 Å². The van der Waals surface area contributed by atoms with Crippen LogP contribution < -0.4 is 4.74 Å². The molecular formula is C13H14O6S. The molecule has 0 aliphatic carbocycles.